The van der Waals surface area contributed by atoms with Crippen molar-refractivity contribution in [3.63, 3.8) is 0 Å². The molecule has 0 fully saturated rings. The molecule has 2 radical (unpaired) electrons. The molecule has 0 N–H and O–H groups in total. The van der Waals surface area contributed by atoms with E-state index in [1.807, 2.05) is 18.2 Å². The van der Waals surface area contributed by atoms with Crippen molar-refractivity contribution in [2.75, 3.05) is 0 Å². The van der Waals surface area contributed by atoms with Crippen molar-refractivity contribution < 1.29 is 9.55 Å². The van der Waals surface area contributed by atoms with Gasteiger partial charge in [-0.25, -0.2) is 0 Å². The lowest BCUT2D eigenvalue weighted by atomic mass is 10.1. The number of amides is 2. The minimum Gasteiger partial charge on any atom is -0.190 e. The molecule has 0 saturated carbocycles. The maximum absolute atomic E-state index is 11.3. The van der Waals surface area contributed by atoms with Gasteiger partial charge < -0.3 is 0 Å². The van der Waals surface area contributed by atoms with Gasteiger partial charge >= 0.3 is 6.03 Å². The highest BCUT2D eigenvalue weighted by Crippen LogP contribution is 2.13. The molecule has 4 nitrogen and oxygen atoms in total. The summed E-state index contributed by atoms with van der Waals surface area (Å²) in [5.74, 6) is 0. The Balaban J connectivity index is 2.20. The van der Waals surface area contributed by atoms with Crippen LogP contribution in [0, 0.1) is 11.3 Å². The zero-order valence-corrected chi connectivity index (χ0v) is 7.75. The predicted octanol–water partition coefficient (Wildman–Crippen LogP) is 1.98. The van der Waals surface area contributed by atoms with E-state index in [-0.39, 0.29) is 10.5 Å². The molecular formula is C11H7N2O2+. The summed E-state index contributed by atoms with van der Waals surface area (Å²) in [7, 11) is 0. The molecule has 2 rings (SSSR count). The van der Waals surface area contributed by atoms with Gasteiger partial charge in [-0.3, -0.25) is 0 Å². The van der Waals surface area contributed by atoms with Gasteiger partial charge in [0.1, 0.15) is 6.21 Å². The Hall–Kier alpha value is -2.10. The van der Waals surface area contributed by atoms with Crippen molar-refractivity contribution in [3.05, 3.63) is 59.0 Å². The fourth-order valence-electron chi connectivity index (χ4n) is 1.16. The minimum atomic E-state index is -0.823. The van der Waals surface area contributed by atoms with E-state index in [2.05, 4.69) is 11.4 Å². The first-order chi connectivity index (χ1) is 7.27. The first-order valence-electron chi connectivity index (χ1n) is 4.35. The molecule has 0 aromatic heterocycles. The normalized spacial score (nSPS) is 15.3. The SMILES string of the molecule is O=C1N=CC=C([C]c2ccccc2)[N+]1=O. The third-order valence-corrected chi connectivity index (χ3v) is 1.86. The Morgan fingerprint density at radius 2 is 1.93 bits per heavy atom. The number of rotatable bonds is 2. The van der Waals surface area contributed by atoms with Crippen molar-refractivity contribution in [3.8, 4) is 0 Å². The first kappa shape index (κ1) is 9.45. The zero-order valence-electron chi connectivity index (χ0n) is 7.75. The Morgan fingerprint density at radius 3 is 2.67 bits per heavy atom. The van der Waals surface area contributed by atoms with Gasteiger partial charge in [-0.05, 0) is 10.6 Å². The van der Waals surface area contributed by atoms with E-state index < -0.39 is 6.03 Å². The summed E-state index contributed by atoms with van der Waals surface area (Å²) in [5, 5.41) is 0. The monoisotopic (exact) mass is 199 g/mol. The van der Waals surface area contributed by atoms with E-state index in [1.165, 1.54) is 12.3 Å². The number of urea groups is 1. The Labute approximate surface area is 86.5 Å². The number of hydrogen-bond donors (Lipinski definition) is 0. The fourth-order valence-corrected chi connectivity index (χ4v) is 1.16. The number of carbonyl (C=O) groups is 1. The molecule has 0 unspecified atom stereocenters. The van der Waals surface area contributed by atoms with Crippen molar-refractivity contribution in [2.24, 2.45) is 4.99 Å². The van der Waals surface area contributed by atoms with Gasteiger partial charge in [-0.2, -0.15) is 4.79 Å². The molecule has 0 spiro atoms. The van der Waals surface area contributed by atoms with Crippen LogP contribution in [0.4, 0.5) is 4.79 Å². The summed E-state index contributed by atoms with van der Waals surface area (Å²) in [6.45, 7) is 0. The highest BCUT2D eigenvalue weighted by molar-refractivity contribution is 5.87. The quantitative estimate of drug-likeness (QED) is 0.684. The van der Waals surface area contributed by atoms with Gasteiger partial charge in [0.2, 0.25) is 0 Å². The second kappa shape index (κ2) is 3.96. The number of carbonyl (C=O) groups excluding carboxylic acids is 1. The number of hydrogen-bond acceptors (Lipinski definition) is 2. The molecular weight excluding hydrogens is 192 g/mol. The molecule has 1 aliphatic rings. The van der Waals surface area contributed by atoms with Crippen molar-refractivity contribution in [2.45, 2.75) is 0 Å². The molecule has 1 aromatic rings. The smallest absolute Gasteiger partial charge is 0.190 e. The summed E-state index contributed by atoms with van der Waals surface area (Å²) in [5.41, 5.74) is 0.911. The average Bonchev–Trinajstić information content (AvgIpc) is 2.26. The van der Waals surface area contributed by atoms with E-state index in [4.69, 9.17) is 0 Å². The Bertz CT molecular complexity index is 461. The number of benzene rings is 1. The number of aliphatic imine (C=N–C) groups is 1. The van der Waals surface area contributed by atoms with E-state index in [9.17, 15) is 9.70 Å². The maximum atomic E-state index is 11.3. The summed E-state index contributed by atoms with van der Waals surface area (Å²) in [6, 6.07) is 8.29. The van der Waals surface area contributed by atoms with Crippen LogP contribution in [0.2, 0.25) is 0 Å². The van der Waals surface area contributed by atoms with E-state index in [0.29, 0.717) is 0 Å². The van der Waals surface area contributed by atoms with Crippen LogP contribution in [0.5, 0.6) is 0 Å². The van der Waals surface area contributed by atoms with Crippen LogP contribution in [0.25, 0.3) is 0 Å². The molecule has 0 saturated heterocycles. The molecule has 15 heavy (non-hydrogen) atoms. The second-order valence-electron chi connectivity index (χ2n) is 2.90. The van der Waals surface area contributed by atoms with Crippen molar-refractivity contribution in [1.82, 2.24) is 0 Å². The number of allylic oxidation sites excluding steroid dienone is 2. The fraction of sp³-hybridized carbons (Fsp3) is 0. The molecule has 0 aliphatic carbocycles. The topological polar surface area (TPSA) is 49.5 Å². The van der Waals surface area contributed by atoms with Crippen LogP contribution in [0.3, 0.4) is 0 Å². The summed E-state index contributed by atoms with van der Waals surface area (Å²) < 4.78 is 0.215. The van der Waals surface area contributed by atoms with Gasteiger partial charge in [-0.15, -0.1) is 0 Å². The third-order valence-electron chi connectivity index (χ3n) is 1.86. The van der Waals surface area contributed by atoms with Crippen LogP contribution in [0.15, 0.2) is 47.1 Å². The van der Waals surface area contributed by atoms with Gasteiger partial charge in [0, 0.05) is 6.08 Å². The summed E-state index contributed by atoms with van der Waals surface area (Å²) >= 11 is 0. The third kappa shape index (κ3) is 2.04. The lowest BCUT2D eigenvalue weighted by Crippen LogP contribution is -2.17. The molecule has 0 atom stereocenters. The second-order valence-corrected chi connectivity index (χ2v) is 2.90. The first-order valence-corrected chi connectivity index (χ1v) is 4.35. The zero-order chi connectivity index (χ0) is 10.7. The molecule has 2 amide bonds. The lowest BCUT2D eigenvalue weighted by molar-refractivity contribution is -0.389. The highest BCUT2D eigenvalue weighted by Gasteiger charge is 2.28. The standard InChI is InChI=1S/C11H7N2O2/c14-11-12-7-6-10(13(11)15)8-9-4-2-1-3-5-9/h1-7H/q+1. The van der Waals surface area contributed by atoms with Crippen molar-refractivity contribution in [1.29, 1.82) is 0 Å². The van der Waals surface area contributed by atoms with Gasteiger partial charge in [-0.1, -0.05) is 35.2 Å². The van der Waals surface area contributed by atoms with E-state index in [1.54, 1.807) is 12.1 Å². The van der Waals surface area contributed by atoms with Crippen LogP contribution in [-0.4, -0.2) is 17.0 Å². The van der Waals surface area contributed by atoms with Crippen LogP contribution >= 0.6 is 0 Å². The molecule has 0 bridgehead atoms. The van der Waals surface area contributed by atoms with E-state index in [0.717, 1.165) is 5.56 Å². The molecule has 1 aromatic carbocycles. The van der Waals surface area contributed by atoms with Crippen LogP contribution in [0.1, 0.15) is 5.56 Å². The Morgan fingerprint density at radius 1 is 1.20 bits per heavy atom. The van der Waals surface area contributed by atoms with Crippen molar-refractivity contribution >= 4 is 12.2 Å². The van der Waals surface area contributed by atoms with Crippen LogP contribution < -0.4 is 0 Å². The lowest BCUT2D eigenvalue weighted by Gasteiger charge is -1.99. The molecule has 1 heterocycles. The summed E-state index contributed by atoms with van der Waals surface area (Å²) in [6.07, 6.45) is 5.56. The summed E-state index contributed by atoms with van der Waals surface area (Å²) in [4.78, 5) is 25.5. The number of nitroso groups, excluding NO2 is 1. The molecule has 72 valence electrons. The molecule has 1 aliphatic heterocycles. The maximum Gasteiger partial charge on any atom is 0.583 e. The van der Waals surface area contributed by atoms with Gasteiger partial charge in [0.05, 0.1) is 11.2 Å². The minimum absolute atomic E-state index is 0.168. The van der Waals surface area contributed by atoms with Crippen LogP contribution in [-0.2, 0) is 0 Å². The predicted molar refractivity (Wildman–Crippen MR) is 54.4 cm³/mol. The largest absolute Gasteiger partial charge is 0.583 e. The van der Waals surface area contributed by atoms with Gasteiger partial charge in [0.25, 0.3) is 0 Å². The highest BCUT2D eigenvalue weighted by atomic mass is 16.3. The van der Waals surface area contributed by atoms with E-state index >= 15 is 0 Å². The Kier molecular flexibility index (Phi) is 2.49. The molecule has 4 heteroatoms. The average molecular weight is 199 g/mol. The number of nitrogens with zero attached hydrogens (tertiary/aromatic N) is 2. The van der Waals surface area contributed by atoms with Gasteiger partial charge in [0.15, 0.2) is 5.70 Å².